The average Bonchev–Trinajstić information content (AvgIpc) is 2.73. The number of piperidine rings is 1. The molecule has 0 saturated carbocycles. The molecule has 2 aromatic carbocycles. The molecule has 28 heavy (non-hydrogen) atoms. The lowest BCUT2D eigenvalue weighted by molar-refractivity contribution is 0.103. The van der Waals surface area contributed by atoms with Gasteiger partial charge >= 0.3 is 0 Å². The first kappa shape index (κ1) is 20.1. The molecular formula is C22H22ClFN2O2. The minimum Gasteiger partial charge on any atom is -0.497 e. The summed E-state index contributed by atoms with van der Waals surface area (Å²) in [5, 5.41) is 0.691. The molecule has 0 radical (unpaired) electrons. The average molecular weight is 401 g/mol. The van der Waals surface area contributed by atoms with E-state index in [9.17, 15) is 9.18 Å². The zero-order valence-corrected chi connectivity index (χ0v) is 16.5. The van der Waals surface area contributed by atoms with Crippen molar-refractivity contribution in [3.63, 3.8) is 0 Å². The van der Waals surface area contributed by atoms with E-state index in [1.165, 1.54) is 18.6 Å². The Morgan fingerprint density at radius 1 is 1.07 bits per heavy atom. The minimum absolute atomic E-state index is 0. The van der Waals surface area contributed by atoms with Crippen LogP contribution in [0.25, 0.3) is 10.9 Å². The number of ether oxygens (including phenoxy) is 1. The summed E-state index contributed by atoms with van der Waals surface area (Å²) in [6, 6.07) is 11.6. The fourth-order valence-corrected chi connectivity index (χ4v) is 3.67. The molecule has 1 aliphatic rings. The quantitative estimate of drug-likeness (QED) is 0.576. The fraction of sp³-hybridized carbons (Fsp3) is 0.273. The van der Waals surface area contributed by atoms with E-state index in [1.54, 1.807) is 43.6 Å². The van der Waals surface area contributed by atoms with Gasteiger partial charge in [-0.1, -0.05) is 0 Å². The van der Waals surface area contributed by atoms with Gasteiger partial charge in [0.1, 0.15) is 11.6 Å². The number of carbonyl (C=O) groups is 1. The van der Waals surface area contributed by atoms with Crippen LogP contribution in [0.3, 0.4) is 0 Å². The van der Waals surface area contributed by atoms with E-state index in [2.05, 4.69) is 9.88 Å². The van der Waals surface area contributed by atoms with Gasteiger partial charge in [-0.15, -0.1) is 12.4 Å². The van der Waals surface area contributed by atoms with Crippen LogP contribution >= 0.6 is 12.4 Å². The molecule has 6 heteroatoms. The predicted octanol–water partition coefficient (Wildman–Crippen LogP) is 5.03. The van der Waals surface area contributed by atoms with Crippen molar-refractivity contribution in [1.82, 2.24) is 4.98 Å². The zero-order valence-electron chi connectivity index (χ0n) is 15.7. The number of halogens is 2. The maximum absolute atomic E-state index is 14.0. The van der Waals surface area contributed by atoms with Gasteiger partial charge in [-0.05, 0) is 61.7 Å². The molecule has 146 valence electrons. The van der Waals surface area contributed by atoms with Gasteiger partial charge in [-0.3, -0.25) is 9.78 Å². The number of pyridine rings is 1. The first-order valence-corrected chi connectivity index (χ1v) is 9.19. The number of methoxy groups -OCH3 is 1. The molecule has 0 N–H and O–H groups in total. The molecule has 1 saturated heterocycles. The van der Waals surface area contributed by atoms with Crippen molar-refractivity contribution < 1.29 is 13.9 Å². The van der Waals surface area contributed by atoms with E-state index in [0.717, 1.165) is 31.6 Å². The van der Waals surface area contributed by atoms with Crippen LogP contribution in [0.15, 0.2) is 48.7 Å². The van der Waals surface area contributed by atoms with Gasteiger partial charge in [0.05, 0.1) is 23.9 Å². The lowest BCUT2D eigenvalue weighted by Crippen LogP contribution is -2.31. The highest BCUT2D eigenvalue weighted by molar-refractivity contribution is 6.16. The van der Waals surface area contributed by atoms with Crippen molar-refractivity contribution in [2.75, 3.05) is 25.1 Å². The van der Waals surface area contributed by atoms with E-state index in [1.807, 2.05) is 0 Å². The summed E-state index contributed by atoms with van der Waals surface area (Å²) in [5.74, 6) is 0.259. The molecule has 0 aliphatic carbocycles. The molecule has 0 amide bonds. The largest absolute Gasteiger partial charge is 0.497 e. The predicted molar refractivity (Wildman–Crippen MR) is 111 cm³/mol. The smallest absolute Gasteiger partial charge is 0.196 e. The highest BCUT2D eigenvalue weighted by atomic mass is 35.5. The summed E-state index contributed by atoms with van der Waals surface area (Å²) in [4.78, 5) is 19.9. The van der Waals surface area contributed by atoms with Crippen molar-refractivity contribution in [3.05, 3.63) is 65.6 Å². The first-order valence-electron chi connectivity index (χ1n) is 9.19. The van der Waals surface area contributed by atoms with Crippen LogP contribution in [0.4, 0.5) is 10.1 Å². The van der Waals surface area contributed by atoms with E-state index in [0.29, 0.717) is 27.8 Å². The number of ketones is 1. The van der Waals surface area contributed by atoms with Gasteiger partial charge in [0, 0.05) is 30.2 Å². The van der Waals surface area contributed by atoms with Crippen molar-refractivity contribution in [3.8, 4) is 5.75 Å². The topological polar surface area (TPSA) is 42.4 Å². The summed E-state index contributed by atoms with van der Waals surface area (Å²) in [7, 11) is 1.59. The Labute approximate surface area is 169 Å². The van der Waals surface area contributed by atoms with Crippen LogP contribution in [0.1, 0.15) is 35.2 Å². The summed E-state index contributed by atoms with van der Waals surface area (Å²) < 4.78 is 19.1. The number of hydrogen-bond donors (Lipinski definition) is 0. The Morgan fingerprint density at radius 2 is 1.79 bits per heavy atom. The molecule has 1 aromatic heterocycles. The second-order valence-corrected chi connectivity index (χ2v) is 6.79. The number of hydrogen-bond acceptors (Lipinski definition) is 4. The monoisotopic (exact) mass is 400 g/mol. The van der Waals surface area contributed by atoms with Crippen LogP contribution in [-0.2, 0) is 0 Å². The van der Waals surface area contributed by atoms with Gasteiger partial charge < -0.3 is 9.64 Å². The third kappa shape index (κ3) is 3.80. The zero-order chi connectivity index (χ0) is 18.8. The van der Waals surface area contributed by atoms with E-state index in [4.69, 9.17) is 4.74 Å². The Morgan fingerprint density at radius 3 is 2.46 bits per heavy atom. The first-order chi connectivity index (χ1) is 13.2. The Hall–Kier alpha value is -2.66. The minimum atomic E-state index is -0.323. The Bertz CT molecular complexity index is 986. The second-order valence-electron chi connectivity index (χ2n) is 6.79. The SMILES string of the molecule is COc1ccc(C(=O)c2cnc3ccc(F)cc3c2N2CCCCC2)cc1.Cl. The summed E-state index contributed by atoms with van der Waals surface area (Å²) in [6.45, 7) is 1.72. The van der Waals surface area contributed by atoms with E-state index >= 15 is 0 Å². The fourth-order valence-electron chi connectivity index (χ4n) is 3.67. The maximum atomic E-state index is 14.0. The maximum Gasteiger partial charge on any atom is 0.196 e. The summed E-state index contributed by atoms with van der Waals surface area (Å²) in [6.07, 6.45) is 4.93. The number of rotatable bonds is 4. The van der Waals surface area contributed by atoms with Crippen LogP contribution in [0.5, 0.6) is 5.75 Å². The van der Waals surface area contributed by atoms with Crippen LogP contribution in [-0.4, -0.2) is 31.0 Å². The number of benzene rings is 2. The molecule has 0 spiro atoms. The third-order valence-corrected chi connectivity index (χ3v) is 5.07. The molecule has 3 aromatic rings. The Kier molecular flexibility index (Phi) is 6.15. The van der Waals surface area contributed by atoms with Crippen LogP contribution in [0, 0.1) is 5.82 Å². The lowest BCUT2D eigenvalue weighted by Gasteiger charge is -2.31. The van der Waals surface area contributed by atoms with Crippen molar-refractivity contribution in [2.24, 2.45) is 0 Å². The lowest BCUT2D eigenvalue weighted by atomic mass is 9.98. The highest BCUT2D eigenvalue weighted by Gasteiger charge is 2.23. The number of fused-ring (bicyclic) bond motifs is 1. The molecule has 0 bridgehead atoms. The second kappa shape index (κ2) is 8.57. The standard InChI is InChI=1S/C22H21FN2O2.ClH/c1-27-17-8-5-15(6-9-17)22(26)19-14-24-20-10-7-16(23)13-18(20)21(19)25-11-3-2-4-12-25;/h5-10,13-14H,2-4,11-12H2,1H3;1H. The van der Waals surface area contributed by atoms with Crippen molar-refractivity contribution in [2.45, 2.75) is 19.3 Å². The molecule has 2 heterocycles. The molecule has 1 aliphatic heterocycles. The number of carbonyl (C=O) groups excluding carboxylic acids is 1. The molecule has 4 nitrogen and oxygen atoms in total. The van der Waals surface area contributed by atoms with E-state index < -0.39 is 0 Å². The normalized spacial score (nSPS) is 13.9. The van der Waals surface area contributed by atoms with E-state index in [-0.39, 0.29) is 24.0 Å². The van der Waals surface area contributed by atoms with Crippen LogP contribution in [0.2, 0.25) is 0 Å². The van der Waals surface area contributed by atoms with Gasteiger partial charge in [-0.2, -0.15) is 0 Å². The molecular weight excluding hydrogens is 379 g/mol. The number of aromatic nitrogens is 1. The van der Waals surface area contributed by atoms with Gasteiger partial charge in [-0.25, -0.2) is 4.39 Å². The van der Waals surface area contributed by atoms with Gasteiger partial charge in [0.2, 0.25) is 0 Å². The molecule has 1 fully saturated rings. The van der Waals surface area contributed by atoms with Gasteiger partial charge in [0.25, 0.3) is 0 Å². The van der Waals surface area contributed by atoms with Crippen molar-refractivity contribution in [1.29, 1.82) is 0 Å². The third-order valence-electron chi connectivity index (χ3n) is 5.07. The van der Waals surface area contributed by atoms with Gasteiger partial charge in [0.15, 0.2) is 5.78 Å². The number of nitrogens with zero attached hydrogens (tertiary/aromatic N) is 2. The summed E-state index contributed by atoms with van der Waals surface area (Å²) >= 11 is 0. The van der Waals surface area contributed by atoms with Crippen LogP contribution < -0.4 is 9.64 Å². The summed E-state index contributed by atoms with van der Waals surface area (Å²) in [5.41, 5.74) is 2.56. The highest BCUT2D eigenvalue weighted by Crippen LogP contribution is 2.33. The van der Waals surface area contributed by atoms with Crippen molar-refractivity contribution >= 4 is 34.8 Å². The molecule has 4 rings (SSSR count). The Balaban J connectivity index is 0.00000225. The number of anilines is 1. The molecule has 0 unspecified atom stereocenters. The molecule has 0 atom stereocenters.